The second-order valence-electron chi connectivity index (χ2n) is 10.5. The molecule has 0 amide bonds. The van der Waals surface area contributed by atoms with Crippen molar-refractivity contribution in [2.24, 2.45) is 0 Å². The molecule has 7 aromatic carbocycles. The molecule has 0 bridgehead atoms. The zero-order chi connectivity index (χ0) is 27.9. The molecule has 0 aliphatic rings. The lowest BCUT2D eigenvalue weighted by Gasteiger charge is -2.13. The van der Waals surface area contributed by atoms with Crippen molar-refractivity contribution < 1.29 is 0 Å². The molecule has 0 atom stereocenters. The Balaban J connectivity index is 1.34. The maximum absolute atomic E-state index is 4.97. The minimum atomic E-state index is 0.656. The lowest BCUT2D eigenvalue weighted by Crippen LogP contribution is -2.00. The first kappa shape index (κ1) is 24.2. The fourth-order valence-electron chi connectivity index (χ4n) is 5.86. The van der Waals surface area contributed by atoms with Gasteiger partial charge in [-0.2, -0.15) is 0 Å². The molecule has 0 fully saturated rings. The Kier molecular flexibility index (Phi) is 5.79. The topological polar surface area (TPSA) is 38.7 Å². The van der Waals surface area contributed by atoms with Crippen molar-refractivity contribution in [3.05, 3.63) is 152 Å². The molecule has 1 aromatic heterocycles. The Morgan fingerprint density at radius 1 is 0.286 bits per heavy atom. The van der Waals surface area contributed by atoms with Gasteiger partial charge < -0.3 is 0 Å². The van der Waals surface area contributed by atoms with Crippen molar-refractivity contribution >= 4 is 32.3 Å². The van der Waals surface area contributed by atoms with Crippen molar-refractivity contribution in [2.45, 2.75) is 0 Å². The average Bonchev–Trinajstić information content (AvgIpc) is 3.08. The first-order chi connectivity index (χ1) is 20.8. The van der Waals surface area contributed by atoms with Crippen LogP contribution in [0.2, 0.25) is 0 Å². The van der Waals surface area contributed by atoms with Crippen molar-refractivity contribution in [2.75, 3.05) is 0 Å². The Morgan fingerprint density at radius 2 is 0.786 bits per heavy atom. The van der Waals surface area contributed by atoms with E-state index in [2.05, 4.69) is 91.0 Å². The number of rotatable bonds is 4. The Bertz CT molecular complexity index is 2180. The van der Waals surface area contributed by atoms with Crippen molar-refractivity contribution in [1.82, 2.24) is 15.0 Å². The summed E-state index contributed by atoms with van der Waals surface area (Å²) in [5, 5.41) is 7.36. The van der Waals surface area contributed by atoms with Crippen LogP contribution < -0.4 is 0 Å². The summed E-state index contributed by atoms with van der Waals surface area (Å²) in [6, 6.07) is 52.9. The molecule has 0 spiro atoms. The second-order valence-corrected chi connectivity index (χ2v) is 10.5. The van der Waals surface area contributed by atoms with E-state index in [1.807, 2.05) is 60.7 Å². The predicted octanol–water partition coefficient (Wildman–Crippen LogP) is 10.00. The zero-order valence-electron chi connectivity index (χ0n) is 22.8. The van der Waals surface area contributed by atoms with Gasteiger partial charge in [-0.3, -0.25) is 0 Å². The number of nitrogens with zero attached hydrogens (tertiary/aromatic N) is 3. The van der Waals surface area contributed by atoms with Crippen LogP contribution in [0.25, 0.3) is 77.6 Å². The van der Waals surface area contributed by atoms with E-state index >= 15 is 0 Å². The lowest BCUT2D eigenvalue weighted by atomic mass is 9.91. The fourth-order valence-corrected chi connectivity index (χ4v) is 5.86. The molecule has 0 radical (unpaired) electrons. The normalized spacial score (nSPS) is 11.3. The monoisotopic (exact) mass is 535 g/mol. The summed E-state index contributed by atoms with van der Waals surface area (Å²) in [5.74, 6) is 1.98. The SMILES string of the molecule is c1ccc(-c2nc(-c3ccccc3)nc(-c3ccc4cccc(-c5cccc6c5ccc5ccccc56)c4c3)n2)cc1. The molecule has 0 saturated heterocycles. The molecule has 0 aliphatic carbocycles. The van der Waals surface area contributed by atoms with Crippen LogP contribution >= 0.6 is 0 Å². The number of fused-ring (bicyclic) bond motifs is 4. The molecular weight excluding hydrogens is 510 g/mol. The van der Waals surface area contributed by atoms with Gasteiger partial charge in [-0.05, 0) is 49.5 Å². The van der Waals surface area contributed by atoms with Crippen molar-refractivity contribution in [3.63, 3.8) is 0 Å². The van der Waals surface area contributed by atoms with Crippen LogP contribution in [0, 0.1) is 0 Å². The maximum atomic E-state index is 4.97. The quantitative estimate of drug-likeness (QED) is 0.211. The smallest absolute Gasteiger partial charge is 0.164 e. The third-order valence-corrected chi connectivity index (χ3v) is 7.92. The Labute approximate surface area is 243 Å². The van der Waals surface area contributed by atoms with Gasteiger partial charge in [0, 0.05) is 16.7 Å². The first-order valence-electron chi connectivity index (χ1n) is 14.1. The molecule has 0 unspecified atom stereocenters. The van der Waals surface area contributed by atoms with Gasteiger partial charge >= 0.3 is 0 Å². The summed E-state index contributed by atoms with van der Waals surface area (Å²) in [6.07, 6.45) is 0. The van der Waals surface area contributed by atoms with Crippen LogP contribution in [0.15, 0.2) is 152 Å². The van der Waals surface area contributed by atoms with Crippen LogP contribution in [-0.4, -0.2) is 15.0 Å². The van der Waals surface area contributed by atoms with Gasteiger partial charge in [-0.1, -0.05) is 146 Å². The van der Waals surface area contributed by atoms with Gasteiger partial charge in [0.2, 0.25) is 0 Å². The summed E-state index contributed by atoms with van der Waals surface area (Å²) in [4.78, 5) is 14.8. The van der Waals surface area contributed by atoms with E-state index in [-0.39, 0.29) is 0 Å². The Hall–Kier alpha value is -5.67. The van der Waals surface area contributed by atoms with Crippen molar-refractivity contribution in [1.29, 1.82) is 0 Å². The highest BCUT2D eigenvalue weighted by Gasteiger charge is 2.14. The number of hydrogen-bond donors (Lipinski definition) is 0. The third kappa shape index (κ3) is 4.20. The predicted molar refractivity (Wildman–Crippen MR) is 174 cm³/mol. The van der Waals surface area contributed by atoms with E-state index < -0.39 is 0 Å². The summed E-state index contributed by atoms with van der Waals surface area (Å²) < 4.78 is 0. The van der Waals surface area contributed by atoms with Crippen LogP contribution in [-0.2, 0) is 0 Å². The highest BCUT2D eigenvalue weighted by molar-refractivity contribution is 6.14. The van der Waals surface area contributed by atoms with E-state index in [4.69, 9.17) is 15.0 Å². The first-order valence-corrected chi connectivity index (χ1v) is 14.1. The highest BCUT2D eigenvalue weighted by atomic mass is 15.0. The molecule has 8 aromatic rings. The zero-order valence-corrected chi connectivity index (χ0v) is 22.8. The van der Waals surface area contributed by atoms with Gasteiger partial charge in [0.15, 0.2) is 17.5 Å². The van der Waals surface area contributed by atoms with Crippen LogP contribution in [0.3, 0.4) is 0 Å². The minimum absolute atomic E-state index is 0.656. The molecule has 1 heterocycles. The van der Waals surface area contributed by atoms with Gasteiger partial charge in [0.1, 0.15) is 0 Å². The van der Waals surface area contributed by atoms with Crippen molar-refractivity contribution in [3.8, 4) is 45.3 Å². The highest BCUT2D eigenvalue weighted by Crippen LogP contribution is 2.38. The summed E-state index contributed by atoms with van der Waals surface area (Å²) in [6.45, 7) is 0. The largest absolute Gasteiger partial charge is 0.208 e. The van der Waals surface area contributed by atoms with E-state index in [0.29, 0.717) is 17.5 Å². The number of aromatic nitrogens is 3. The third-order valence-electron chi connectivity index (χ3n) is 7.92. The number of benzene rings is 7. The maximum Gasteiger partial charge on any atom is 0.164 e. The Morgan fingerprint density at radius 3 is 1.50 bits per heavy atom. The van der Waals surface area contributed by atoms with Crippen LogP contribution in [0.1, 0.15) is 0 Å². The summed E-state index contributed by atoms with van der Waals surface area (Å²) in [7, 11) is 0. The van der Waals surface area contributed by atoms with E-state index in [0.717, 1.165) is 16.7 Å². The minimum Gasteiger partial charge on any atom is -0.208 e. The molecule has 3 nitrogen and oxygen atoms in total. The molecular formula is C39H25N3. The summed E-state index contributed by atoms with van der Waals surface area (Å²) >= 11 is 0. The van der Waals surface area contributed by atoms with E-state index in [1.54, 1.807) is 0 Å². The van der Waals surface area contributed by atoms with Gasteiger partial charge in [0.05, 0.1) is 0 Å². The molecule has 42 heavy (non-hydrogen) atoms. The molecule has 0 N–H and O–H groups in total. The molecule has 8 rings (SSSR count). The molecule has 196 valence electrons. The van der Waals surface area contributed by atoms with E-state index in [9.17, 15) is 0 Å². The second kappa shape index (κ2) is 10.1. The average molecular weight is 536 g/mol. The molecule has 0 saturated carbocycles. The van der Waals surface area contributed by atoms with Crippen LogP contribution in [0.5, 0.6) is 0 Å². The molecule has 3 heteroatoms. The number of hydrogen-bond acceptors (Lipinski definition) is 3. The van der Waals surface area contributed by atoms with E-state index in [1.165, 1.54) is 43.4 Å². The van der Waals surface area contributed by atoms with Crippen LogP contribution in [0.4, 0.5) is 0 Å². The standard InChI is InChI=1S/C39H25N3/c1-3-12-28(13-4-1)37-40-38(29-14-5-2-6-15-29)42-39(41-37)30-22-21-27-16-9-18-34(36(27)25-30)33-20-10-19-32-31-17-8-7-11-26(31)23-24-35(32)33/h1-25H. The van der Waals surface area contributed by atoms with Gasteiger partial charge in [0.25, 0.3) is 0 Å². The lowest BCUT2D eigenvalue weighted by molar-refractivity contribution is 1.07. The summed E-state index contributed by atoms with van der Waals surface area (Å²) in [5.41, 5.74) is 5.28. The van der Waals surface area contributed by atoms with Gasteiger partial charge in [-0.25, -0.2) is 15.0 Å². The van der Waals surface area contributed by atoms with Gasteiger partial charge in [-0.15, -0.1) is 0 Å². The molecule has 0 aliphatic heterocycles. The fraction of sp³-hybridized carbons (Fsp3) is 0.